The fraction of sp³-hybridized carbons (Fsp3) is 0.158. The summed E-state index contributed by atoms with van der Waals surface area (Å²) in [5.74, 6) is 2.08. The lowest BCUT2D eigenvalue weighted by molar-refractivity contribution is -0.123. The molecule has 0 radical (unpaired) electrons. The van der Waals surface area contributed by atoms with Gasteiger partial charge >= 0.3 is 0 Å². The van der Waals surface area contributed by atoms with Crippen molar-refractivity contribution in [2.45, 2.75) is 6.54 Å². The van der Waals surface area contributed by atoms with Crippen molar-refractivity contribution in [1.29, 1.82) is 0 Å². The molecule has 1 aromatic heterocycles. The van der Waals surface area contributed by atoms with Crippen molar-refractivity contribution in [2.24, 2.45) is 0 Å². The first-order valence-corrected chi connectivity index (χ1v) is 7.78. The molecule has 2 aromatic carbocycles. The summed E-state index contributed by atoms with van der Waals surface area (Å²) in [7, 11) is 1.58. The molecule has 6 nitrogen and oxygen atoms in total. The minimum absolute atomic E-state index is 0.0978. The number of benzene rings is 2. The Kier molecular flexibility index (Phi) is 5.31. The van der Waals surface area contributed by atoms with E-state index in [9.17, 15) is 4.79 Å². The van der Waals surface area contributed by atoms with Crippen molar-refractivity contribution in [1.82, 2.24) is 10.3 Å². The van der Waals surface area contributed by atoms with Crippen molar-refractivity contribution in [3.63, 3.8) is 0 Å². The maximum Gasteiger partial charge on any atom is 0.258 e. The second kappa shape index (κ2) is 8.01. The molecule has 0 aliphatic heterocycles. The van der Waals surface area contributed by atoms with Gasteiger partial charge in [0.15, 0.2) is 12.4 Å². The number of hydrogen-bond acceptors (Lipinski definition) is 5. The van der Waals surface area contributed by atoms with E-state index in [4.69, 9.17) is 13.9 Å². The Morgan fingerprint density at radius 1 is 1.12 bits per heavy atom. The van der Waals surface area contributed by atoms with Crippen LogP contribution in [0.2, 0.25) is 0 Å². The van der Waals surface area contributed by atoms with Crippen LogP contribution in [0.1, 0.15) is 5.89 Å². The molecule has 1 heterocycles. The van der Waals surface area contributed by atoms with Crippen LogP contribution >= 0.6 is 0 Å². The average Bonchev–Trinajstić information content (AvgIpc) is 3.15. The van der Waals surface area contributed by atoms with E-state index in [2.05, 4.69) is 10.3 Å². The number of nitrogens with one attached hydrogen (secondary N) is 1. The molecule has 0 bridgehead atoms. The number of oxazole rings is 1. The van der Waals surface area contributed by atoms with Crippen molar-refractivity contribution in [2.75, 3.05) is 13.7 Å². The van der Waals surface area contributed by atoms with Gasteiger partial charge in [-0.2, -0.15) is 0 Å². The highest BCUT2D eigenvalue weighted by atomic mass is 16.5. The number of carbonyl (C=O) groups excluding carboxylic acids is 1. The summed E-state index contributed by atoms with van der Waals surface area (Å²) < 4.78 is 16.2. The fourth-order valence-corrected chi connectivity index (χ4v) is 2.19. The van der Waals surface area contributed by atoms with Gasteiger partial charge in [-0.05, 0) is 12.1 Å². The van der Waals surface area contributed by atoms with Crippen LogP contribution in [-0.2, 0) is 11.3 Å². The topological polar surface area (TPSA) is 73.6 Å². The average molecular weight is 338 g/mol. The highest BCUT2D eigenvalue weighted by Gasteiger charge is 2.08. The molecule has 0 saturated heterocycles. The van der Waals surface area contributed by atoms with Crippen molar-refractivity contribution >= 4 is 5.91 Å². The molecule has 0 aliphatic carbocycles. The zero-order valence-corrected chi connectivity index (χ0v) is 13.8. The van der Waals surface area contributed by atoms with Crippen LogP contribution < -0.4 is 14.8 Å². The third-order valence-electron chi connectivity index (χ3n) is 3.46. The number of hydrogen-bond donors (Lipinski definition) is 1. The van der Waals surface area contributed by atoms with Crippen molar-refractivity contribution in [3.8, 4) is 22.8 Å². The van der Waals surface area contributed by atoms with Crippen LogP contribution in [0, 0.1) is 0 Å². The van der Waals surface area contributed by atoms with Gasteiger partial charge < -0.3 is 19.2 Å². The maximum atomic E-state index is 11.9. The molecule has 6 heteroatoms. The predicted octanol–water partition coefficient (Wildman–Crippen LogP) is 3.05. The quantitative estimate of drug-likeness (QED) is 0.717. The van der Waals surface area contributed by atoms with E-state index in [1.54, 1.807) is 37.6 Å². The Morgan fingerprint density at radius 3 is 2.72 bits per heavy atom. The molecule has 0 aliphatic rings. The number of aromatic nitrogens is 1. The van der Waals surface area contributed by atoms with Gasteiger partial charge in [0, 0.05) is 11.6 Å². The van der Waals surface area contributed by atoms with E-state index in [1.807, 2.05) is 30.3 Å². The molecule has 25 heavy (non-hydrogen) atoms. The molecule has 0 fully saturated rings. The van der Waals surface area contributed by atoms with E-state index in [0.717, 1.165) is 5.56 Å². The monoisotopic (exact) mass is 338 g/mol. The second-order valence-electron chi connectivity index (χ2n) is 5.23. The van der Waals surface area contributed by atoms with Crippen LogP contribution in [-0.4, -0.2) is 24.6 Å². The molecular weight excluding hydrogens is 320 g/mol. The van der Waals surface area contributed by atoms with Crippen LogP contribution in [0.4, 0.5) is 0 Å². The standard InChI is InChI=1S/C19H18N2O4/c1-23-15-8-5-9-16(10-15)24-13-18(22)20-12-19-21-11-17(25-19)14-6-3-2-4-7-14/h2-11H,12-13H2,1H3,(H,20,22). The van der Waals surface area contributed by atoms with Gasteiger partial charge in [0.2, 0.25) is 5.89 Å². The van der Waals surface area contributed by atoms with E-state index >= 15 is 0 Å². The molecule has 0 unspecified atom stereocenters. The third kappa shape index (κ3) is 4.60. The molecule has 0 saturated carbocycles. The first-order chi connectivity index (χ1) is 12.2. The van der Waals surface area contributed by atoms with E-state index in [0.29, 0.717) is 23.1 Å². The van der Waals surface area contributed by atoms with E-state index < -0.39 is 0 Å². The Labute approximate surface area is 145 Å². The van der Waals surface area contributed by atoms with Gasteiger partial charge in [-0.3, -0.25) is 4.79 Å². The summed E-state index contributed by atoms with van der Waals surface area (Å²) >= 11 is 0. The Hall–Kier alpha value is -3.28. The summed E-state index contributed by atoms with van der Waals surface area (Å²) in [6.07, 6.45) is 1.64. The SMILES string of the molecule is COc1cccc(OCC(=O)NCc2ncc(-c3ccccc3)o2)c1. The van der Waals surface area contributed by atoms with Gasteiger partial charge in [-0.25, -0.2) is 4.98 Å². The van der Waals surface area contributed by atoms with Crippen LogP contribution in [0.15, 0.2) is 65.2 Å². The largest absolute Gasteiger partial charge is 0.497 e. The van der Waals surface area contributed by atoms with Gasteiger partial charge in [-0.1, -0.05) is 36.4 Å². The first-order valence-electron chi connectivity index (χ1n) is 7.78. The predicted molar refractivity (Wildman–Crippen MR) is 92.3 cm³/mol. The lowest BCUT2D eigenvalue weighted by atomic mass is 10.2. The Bertz CT molecular complexity index is 830. The summed E-state index contributed by atoms with van der Waals surface area (Å²) in [6.45, 7) is 0.104. The molecule has 3 aromatic rings. The van der Waals surface area contributed by atoms with Gasteiger partial charge in [0.05, 0.1) is 19.9 Å². The molecule has 128 valence electrons. The van der Waals surface area contributed by atoms with E-state index in [-0.39, 0.29) is 19.1 Å². The molecule has 1 N–H and O–H groups in total. The number of amides is 1. The van der Waals surface area contributed by atoms with Gasteiger partial charge in [-0.15, -0.1) is 0 Å². The summed E-state index contributed by atoms with van der Waals surface area (Å²) in [4.78, 5) is 16.1. The highest BCUT2D eigenvalue weighted by molar-refractivity contribution is 5.77. The second-order valence-corrected chi connectivity index (χ2v) is 5.23. The summed E-state index contributed by atoms with van der Waals surface area (Å²) in [6, 6.07) is 16.7. The summed E-state index contributed by atoms with van der Waals surface area (Å²) in [5, 5.41) is 2.71. The minimum Gasteiger partial charge on any atom is -0.497 e. The zero-order chi connectivity index (χ0) is 17.5. The number of nitrogens with zero attached hydrogens (tertiary/aromatic N) is 1. The summed E-state index contributed by atoms with van der Waals surface area (Å²) in [5.41, 5.74) is 0.939. The fourth-order valence-electron chi connectivity index (χ4n) is 2.19. The van der Waals surface area contributed by atoms with Crippen LogP contribution in [0.25, 0.3) is 11.3 Å². The first kappa shape index (κ1) is 16.6. The van der Waals surface area contributed by atoms with Crippen molar-refractivity contribution in [3.05, 3.63) is 66.7 Å². The molecule has 3 rings (SSSR count). The molecule has 0 spiro atoms. The maximum absolute atomic E-state index is 11.9. The lowest BCUT2D eigenvalue weighted by Crippen LogP contribution is -2.28. The number of methoxy groups -OCH3 is 1. The zero-order valence-electron chi connectivity index (χ0n) is 13.8. The van der Waals surface area contributed by atoms with Gasteiger partial charge in [0.25, 0.3) is 5.91 Å². The van der Waals surface area contributed by atoms with Crippen molar-refractivity contribution < 1.29 is 18.7 Å². The number of ether oxygens (including phenoxy) is 2. The molecular formula is C19H18N2O4. The number of rotatable bonds is 7. The molecule has 1 amide bonds. The third-order valence-corrected chi connectivity index (χ3v) is 3.46. The Balaban J connectivity index is 1.48. The highest BCUT2D eigenvalue weighted by Crippen LogP contribution is 2.20. The van der Waals surface area contributed by atoms with Gasteiger partial charge in [0.1, 0.15) is 11.5 Å². The Morgan fingerprint density at radius 2 is 1.92 bits per heavy atom. The van der Waals surface area contributed by atoms with E-state index in [1.165, 1.54) is 0 Å². The van der Waals surface area contributed by atoms with Crippen LogP contribution in [0.5, 0.6) is 11.5 Å². The number of carbonyl (C=O) groups is 1. The van der Waals surface area contributed by atoms with Crippen LogP contribution in [0.3, 0.4) is 0 Å². The normalized spacial score (nSPS) is 10.3. The molecule has 0 atom stereocenters. The lowest BCUT2D eigenvalue weighted by Gasteiger charge is -2.07. The minimum atomic E-state index is -0.262. The smallest absolute Gasteiger partial charge is 0.258 e.